The van der Waals surface area contributed by atoms with E-state index in [2.05, 4.69) is 39.8 Å². The number of carbonyl (C=O) groups excluding carboxylic acids is 1. The predicted octanol–water partition coefficient (Wildman–Crippen LogP) is 7.25. The van der Waals surface area contributed by atoms with Crippen molar-refractivity contribution in [3.8, 4) is 17.2 Å². The fourth-order valence-corrected chi connectivity index (χ4v) is 6.64. The van der Waals surface area contributed by atoms with Gasteiger partial charge in [-0.3, -0.25) is 0 Å². The number of hydrogen-bond acceptors (Lipinski definition) is 5. The van der Waals surface area contributed by atoms with E-state index in [4.69, 9.17) is 37.4 Å². The molecule has 1 heterocycles. The maximum absolute atomic E-state index is 13.2. The van der Waals surface area contributed by atoms with Gasteiger partial charge in [-0.15, -0.1) is 0 Å². The zero-order chi connectivity index (χ0) is 29.0. The molecule has 1 aliphatic carbocycles. The number of urea groups is 1. The molecular weight excluding hydrogens is 561 g/mol. The molecule has 0 saturated carbocycles. The van der Waals surface area contributed by atoms with Crippen molar-refractivity contribution in [1.82, 2.24) is 10.2 Å². The topological polar surface area (TPSA) is 72.1 Å². The molecule has 0 aromatic heterocycles. The molecule has 9 heteroatoms. The Kier molecular flexibility index (Phi) is 9.17. The highest BCUT2D eigenvalue weighted by atomic mass is 35.5. The second-order valence-corrected chi connectivity index (χ2v) is 11.6. The van der Waals surface area contributed by atoms with Crippen molar-refractivity contribution in [2.75, 3.05) is 46.3 Å². The highest BCUT2D eigenvalue weighted by Gasteiger charge is 2.40. The molecule has 2 aliphatic rings. The molecule has 0 bridgehead atoms. The van der Waals surface area contributed by atoms with E-state index in [9.17, 15) is 4.79 Å². The van der Waals surface area contributed by atoms with Crippen LogP contribution < -0.4 is 24.8 Å². The van der Waals surface area contributed by atoms with E-state index in [1.54, 1.807) is 23.8 Å². The van der Waals surface area contributed by atoms with Gasteiger partial charge in [-0.05, 0) is 79.4 Å². The number of aryl methyl sites for hydroxylation is 1. The standard InChI is InChI=1S/C32H37Cl2N3O4/c1-39-28-19-23(20-29(40-2)30(28)41-3)35-31(38)36-27(22-8-9-25(33)26(34)18-22)11-15-37-16-13-32(14-17-37)12-10-21-6-4-5-7-24(21)32/h4-9,18-20,27H,10-17H2,1-3H3,(H2,35,36,38). The molecule has 2 amide bonds. The van der Waals surface area contributed by atoms with Crippen molar-refractivity contribution in [2.45, 2.75) is 43.6 Å². The van der Waals surface area contributed by atoms with Gasteiger partial charge in [0, 0.05) is 18.7 Å². The van der Waals surface area contributed by atoms with Crippen LogP contribution in [0.3, 0.4) is 0 Å². The zero-order valence-corrected chi connectivity index (χ0v) is 25.3. The number of hydrogen-bond donors (Lipinski definition) is 2. The van der Waals surface area contributed by atoms with Crippen LogP contribution in [-0.2, 0) is 11.8 Å². The lowest BCUT2D eigenvalue weighted by molar-refractivity contribution is 0.153. The molecule has 3 aromatic rings. The summed E-state index contributed by atoms with van der Waals surface area (Å²) in [7, 11) is 4.61. The lowest BCUT2D eigenvalue weighted by Gasteiger charge is -2.40. The van der Waals surface area contributed by atoms with Crippen molar-refractivity contribution in [3.63, 3.8) is 0 Å². The lowest BCUT2D eigenvalue weighted by Crippen LogP contribution is -2.43. The average Bonchev–Trinajstić information content (AvgIpc) is 3.34. The first-order valence-corrected chi connectivity index (χ1v) is 14.7. The largest absolute Gasteiger partial charge is 0.493 e. The number of anilines is 1. The fourth-order valence-electron chi connectivity index (χ4n) is 6.33. The molecule has 1 saturated heterocycles. The molecule has 1 fully saturated rings. The Hall–Kier alpha value is -3.13. The summed E-state index contributed by atoms with van der Waals surface area (Å²) in [6.07, 6.45) is 5.48. The van der Waals surface area contributed by atoms with Gasteiger partial charge in [-0.2, -0.15) is 0 Å². The van der Waals surface area contributed by atoms with Crippen molar-refractivity contribution in [1.29, 1.82) is 0 Å². The minimum atomic E-state index is -0.351. The first kappa shape index (κ1) is 29.4. The summed E-state index contributed by atoms with van der Waals surface area (Å²) in [5.74, 6) is 1.37. The number of nitrogens with one attached hydrogen (secondary N) is 2. The van der Waals surface area contributed by atoms with E-state index < -0.39 is 0 Å². The van der Waals surface area contributed by atoms with Crippen molar-refractivity contribution in [2.24, 2.45) is 0 Å². The Morgan fingerprint density at radius 2 is 1.63 bits per heavy atom. The maximum Gasteiger partial charge on any atom is 0.319 e. The second-order valence-electron chi connectivity index (χ2n) is 10.8. The van der Waals surface area contributed by atoms with Crippen LogP contribution in [0.2, 0.25) is 10.0 Å². The molecule has 0 radical (unpaired) electrons. The summed E-state index contributed by atoms with van der Waals surface area (Å²) in [4.78, 5) is 15.7. The zero-order valence-electron chi connectivity index (χ0n) is 23.8. The van der Waals surface area contributed by atoms with Gasteiger partial charge in [-0.1, -0.05) is 53.5 Å². The molecule has 3 aromatic carbocycles. The number of benzene rings is 3. The minimum absolute atomic E-state index is 0.269. The fraction of sp³-hybridized carbons (Fsp3) is 0.406. The summed E-state index contributed by atoms with van der Waals surface area (Å²) in [5.41, 5.74) is 4.80. The molecule has 2 N–H and O–H groups in total. The third kappa shape index (κ3) is 6.37. The van der Waals surface area contributed by atoms with E-state index in [0.29, 0.717) is 38.4 Å². The van der Waals surface area contributed by atoms with E-state index in [0.717, 1.165) is 44.5 Å². The van der Waals surface area contributed by atoms with Gasteiger partial charge in [0.2, 0.25) is 5.75 Å². The highest BCUT2D eigenvalue weighted by molar-refractivity contribution is 6.42. The van der Waals surface area contributed by atoms with Gasteiger partial charge in [0.15, 0.2) is 11.5 Å². The number of halogens is 2. The molecule has 1 unspecified atom stereocenters. The smallest absolute Gasteiger partial charge is 0.319 e. The van der Waals surface area contributed by atoms with Crippen LogP contribution >= 0.6 is 23.2 Å². The van der Waals surface area contributed by atoms with Crippen LogP contribution in [0.5, 0.6) is 17.2 Å². The maximum atomic E-state index is 13.2. The predicted molar refractivity (Wildman–Crippen MR) is 164 cm³/mol. The van der Waals surface area contributed by atoms with Gasteiger partial charge in [0.25, 0.3) is 0 Å². The van der Waals surface area contributed by atoms with Crippen LogP contribution in [0.4, 0.5) is 10.5 Å². The quantitative estimate of drug-likeness (QED) is 0.272. The van der Waals surface area contributed by atoms with Crippen LogP contribution in [0.15, 0.2) is 54.6 Å². The van der Waals surface area contributed by atoms with E-state index in [1.807, 2.05) is 12.1 Å². The average molecular weight is 599 g/mol. The number of methoxy groups -OCH3 is 3. The SMILES string of the molecule is COc1cc(NC(=O)NC(CCN2CCC3(CCc4ccccc43)CC2)c2ccc(Cl)c(Cl)c2)cc(OC)c1OC. The Morgan fingerprint density at radius 3 is 2.29 bits per heavy atom. The summed E-state index contributed by atoms with van der Waals surface area (Å²) >= 11 is 12.6. The Balaban J connectivity index is 1.26. The van der Waals surface area contributed by atoms with Gasteiger partial charge in [-0.25, -0.2) is 4.79 Å². The normalized spacial score (nSPS) is 16.6. The van der Waals surface area contributed by atoms with Crippen molar-refractivity contribution < 1.29 is 19.0 Å². The van der Waals surface area contributed by atoms with Gasteiger partial charge >= 0.3 is 6.03 Å². The van der Waals surface area contributed by atoms with Gasteiger partial charge < -0.3 is 29.7 Å². The number of piperidine rings is 1. The number of ether oxygens (including phenoxy) is 3. The van der Waals surface area contributed by atoms with Crippen molar-refractivity contribution in [3.05, 3.63) is 81.3 Å². The Labute approximate surface area is 252 Å². The van der Waals surface area contributed by atoms with Gasteiger partial charge in [0.05, 0.1) is 43.1 Å². The number of fused-ring (bicyclic) bond motifs is 2. The second kappa shape index (κ2) is 12.8. The molecule has 5 rings (SSSR count). The number of amides is 2. The molecule has 1 aliphatic heterocycles. The summed E-state index contributed by atoms with van der Waals surface area (Å²) < 4.78 is 16.2. The monoisotopic (exact) mass is 597 g/mol. The first-order valence-electron chi connectivity index (χ1n) is 14.0. The molecular formula is C32H37Cl2N3O4. The van der Waals surface area contributed by atoms with Crippen LogP contribution in [-0.4, -0.2) is 51.9 Å². The summed E-state index contributed by atoms with van der Waals surface area (Å²) in [6, 6.07) is 17.2. The minimum Gasteiger partial charge on any atom is -0.493 e. The van der Waals surface area contributed by atoms with Crippen molar-refractivity contribution >= 4 is 34.9 Å². The lowest BCUT2D eigenvalue weighted by atomic mass is 9.74. The number of rotatable bonds is 9. The van der Waals surface area contributed by atoms with Crippen LogP contribution in [0.1, 0.15) is 48.4 Å². The Bertz CT molecular complexity index is 1370. The molecule has 1 spiro atoms. The molecule has 7 nitrogen and oxygen atoms in total. The van der Waals surface area contributed by atoms with E-state index >= 15 is 0 Å². The molecule has 41 heavy (non-hydrogen) atoms. The summed E-state index contributed by atoms with van der Waals surface area (Å²) in [6.45, 7) is 2.94. The number of nitrogens with zero attached hydrogens (tertiary/aromatic N) is 1. The number of likely N-dealkylation sites (tertiary alicyclic amines) is 1. The Morgan fingerprint density at radius 1 is 0.927 bits per heavy atom. The molecule has 218 valence electrons. The van der Waals surface area contributed by atoms with E-state index in [-0.39, 0.29) is 12.1 Å². The van der Waals surface area contributed by atoms with Crippen LogP contribution in [0, 0.1) is 0 Å². The third-order valence-electron chi connectivity index (χ3n) is 8.58. The number of carbonyl (C=O) groups is 1. The first-order chi connectivity index (χ1) is 19.9. The van der Waals surface area contributed by atoms with Crippen LogP contribution in [0.25, 0.3) is 0 Å². The molecule has 1 atom stereocenters. The highest BCUT2D eigenvalue weighted by Crippen LogP contribution is 2.46. The van der Waals surface area contributed by atoms with Gasteiger partial charge in [0.1, 0.15) is 0 Å². The summed E-state index contributed by atoms with van der Waals surface area (Å²) in [5, 5.41) is 6.99. The van der Waals surface area contributed by atoms with E-state index in [1.165, 1.54) is 39.7 Å². The third-order valence-corrected chi connectivity index (χ3v) is 9.32.